The molecule has 1 aromatic rings. The fourth-order valence-corrected chi connectivity index (χ4v) is 2.62. The third kappa shape index (κ3) is 4.17. The van der Waals surface area contributed by atoms with Gasteiger partial charge in [-0.3, -0.25) is 4.79 Å². The zero-order valence-corrected chi connectivity index (χ0v) is 14.1. The summed E-state index contributed by atoms with van der Waals surface area (Å²) in [7, 11) is -2.29. The predicted molar refractivity (Wildman–Crippen MR) is 85.6 cm³/mol. The van der Waals surface area contributed by atoms with Gasteiger partial charge in [0.15, 0.2) is 0 Å². The second-order valence-corrected chi connectivity index (χ2v) is 7.16. The van der Waals surface area contributed by atoms with Crippen molar-refractivity contribution in [1.29, 1.82) is 0 Å². The number of nitrogens with zero attached hydrogens (tertiary/aromatic N) is 1. The van der Waals surface area contributed by atoms with E-state index in [-0.39, 0.29) is 17.0 Å². The van der Waals surface area contributed by atoms with E-state index in [0.717, 1.165) is 4.90 Å². The molecule has 8 heteroatoms. The molecule has 0 heterocycles. The number of rotatable bonds is 7. The average molecular weight is 340 g/mol. The summed E-state index contributed by atoms with van der Waals surface area (Å²) in [5.74, 6) is -1.65. The highest BCUT2D eigenvalue weighted by molar-refractivity contribution is 7.89. The van der Waals surface area contributed by atoms with Crippen LogP contribution < -0.4 is 4.72 Å². The molecule has 1 aromatic carbocycles. The maximum Gasteiger partial charge on any atom is 0.329 e. The van der Waals surface area contributed by atoms with Crippen molar-refractivity contribution >= 4 is 21.9 Å². The van der Waals surface area contributed by atoms with E-state index in [9.17, 15) is 18.0 Å². The zero-order chi connectivity index (χ0) is 17.8. The first kappa shape index (κ1) is 18.9. The van der Waals surface area contributed by atoms with Crippen LogP contribution in [-0.2, 0) is 14.8 Å². The second kappa shape index (κ2) is 6.93. The molecular weight excluding hydrogens is 320 g/mol. The first-order valence-electron chi connectivity index (χ1n) is 6.76. The van der Waals surface area contributed by atoms with Gasteiger partial charge in [-0.15, -0.1) is 6.58 Å². The molecule has 0 fully saturated rings. The lowest BCUT2D eigenvalue weighted by Crippen LogP contribution is -2.50. The highest BCUT2D eigenvalue weighted by Gasteiger charge is 2.35. The summed E-state index contributed by atoms with van der Waals surface area (Å²) in [4.78, 5) is 24.6. The Kier molecular flexibility index (Phi) is 5.68. The minimum atomic E-state index is -3.67. The molecule has 0 aliphatic heterocycles. The number of hydrogen-bond acceptors (Lipinski definition) is 4. The highest BCUT2D eigenvalue weighted by Crippen LogP contribution is 2.18. The summed E-state index contributed by atoms with van der Waals surface area (Å²) in [5, 5.41) is 9.15. The van der Waals surface area contributed by atoms with Crippen molar-refractivity contribution in [2.45, 2.75) is 24.3 Å². The van der Waals surface area contributed by atoms with Gasteiger partial charge in [0, 0.05) is 19.2 Å². The van der Waals surface area contributed by atoms with Crippen molar-refractivity contribution < 1.29 is 23.1 Å². The quantitative estimate of drug-likeness (QED) is 0.723. The van der Waals surface area contributed by atoms with E-state index in [1.165, 1.54) is 51.2 Å². The van der Waals surface area contributed by atoms with Crippen LogP contribution in [0.5, 0.6) is 0 Å². The van der Waals surface area contributed by atoms with E-state index >= 15 is 0 Å². The van der Waals surface area contributed by atoms with E-state index in [1.54, 1.807) is 0 Å². The Balaban J connectivity index is 3.03. The SMILES string of the molecule is C=CCNS(=O)(=O)c1ccc(C(=O)N(C)C(C)(C)C(=O)O)cc1. The lowest BCUT2D eigenvalue weighted by atomic mass is 10.0. The van der Waals surface area contributed by atoms with Crippen LogP contribution in [0.25, 0.3) is 0 Å². The first-order valence-corrected chi connectivity index (χ1v) is 8.24. The van der Waals surface area contributed by atoms with E-state index in [4.69, 9.17) is 5.11 Å². The summed E-state index contributed by atoms with van der Waals surface area (Å²) >= 11 is 0. The minimum Gasteiger partial charge on any atom is -0.480 e. The molecule has 0 saturated heterocycles. The van der Waals surface area contributed by atoms with Gasteiger partial charge < -0.3 is 10.0 Å². The van der Waals surface area contributed by atoms with Crippen LogP contribution in [0.3, 0.4) is 0 Å². The number of aliphatic carboxylic acids is 1. The number of carbonyl (C=O) groups excluding carboxylic acids is 1. The largest absolute Gasteiger partial charge is 0.480 e. The van der Waals surface area contributed by atoms with Gasteiger partial charge in [0.25, 0.3) is 5.91 Å². The standard InChI is InChI=1S/C15H20N2O5S/c1-5-10-16-23(21,22)12-8-6-11(7-9-12)13(18)17(4)15(2,3)14(19)20/h5-9,16H,1,10H2,2-4H3,(H,19,20). The third-order valence-electron chi connectivity index (χ3n) is 3.50. The first-order chi connectivity index (χ1) is 10.5. The maximum absolute atomic E-state index is 12.3. The third-order valence-corrected chi connectivity index (χ3v) is 4.94. The van der Waals surface area contributed by atoms with Gasteiger partial charge in [-0.25, -0.2) is 17.9 Å². The van der Waals surface area contributed by atoms with Crippen LogP contribution in [0.15, 0.2) is 41.8 Å². The van der Waals surface area contributed by atoms with Gasteiger partial charge in [-0.1, -0.05) is 6.08 Å². The van der Waals surface area contributed by atoms with Gasteiger partial charge in [-0.2, -0.15) is 0 Å². The van der Waals surface area contributed by atoms with Crippen molar-refractivity contribution in [2.75, 3.05) is 13.6 Å². The minimum absolute atomic E-state index is 0.0102. The number of sulfonamides is 1. The van der Waals surface area contributed by atoms with Crippen LogP contribution in [0.2, 0.25) is 0 Å². The molecule has 0 atom stereocenters. The van der Waals surface area contributed by atoms with Crippen LogP contribution >= 0.6 is 0 Å². The van der Waals surface area contributed by atoms with Gasteiger partial charge in [0.2, 0.25) is 10.0 Å². The molecule has 0 aliphatic rings. The highest BCUT2D eigenvalue weighted by atomic mass is 32.2. The van der Waals surface area contributed by atoms with E-state index in [0.29, 0.717) is 0 Å². The van der Waals surface area contributed by atoms with E-state index in [1.807, 2.05) is 0 Å². The zero-order valence-electron chi connectivity index (χ0n) is 13.2. The van der Waals surface area contributed by atoms with Crippen molar-refractivity contribution in [3.63, 3.8) is 0 Å². The number of carbonyl (C=O) groups is 2. The Morgan fingerprint density at radius 1 is 1.30 bits per heavy atom. The fourth-order valence-electron chi connectivity index (χ4n) is 1.62. The van der Waals surface area contributed by atoms with E-state index < -0.39 is 27.4 Å². The Morgan fingerprint density at radius 2 is 1.83 bits per heavy atom. The molecule has 0 aliphatic carbocycles. The number of carboxylic acid groups (broad SMARTS) is 1. The second-order valence-electron chi connectivity index (χ2n) is 5.39. The monoisotopic (exact) mass is 340 g/mol. The number of hydrogen-bond donors (Lipinski definition) is 2. The summed E-state index contributed by atoms with van der Waals surface area (Å²) in [6.45, 7) is 6.34. The van der Waals surface area contributed by atoms with Crippen molar-refractivity contribution in [3.8, 4) is 0 Å². The summed E-state index contributed by atoms with van der Waals surface area (Å²) in [6, 6.07) is 5.28. The molecule has 1 rings (SSSR count). The van der Waals surface area contributed by atoms with E-state index in [2.05, 4.69) is 11.3 Å². The molecule has 23 heavy (non-hydrogen) atoms. The fraction of sp³-hybridized carbons (Fsp3) is 0.333. The Bertz CT molecular complexity index is 708. The predicted octanol–water partition coefficient (Wildman–Crippen LogP) is 1.09. The van der Waals surface area contributed by atoms with Crippen LogP contribution in [0.4, 0.5) is 0 Å². The summed E-state index contributed by atoms with van der Waals surface area (Å²) in [5.41, 5.74) is -1.18. The van der Waals surface area contributed by atoms with Crippen LogP contribution in [-0.4, -0.2) is 49.4 Å². The number of amides is 1. The molecule has 2 N–H and O–H groups in total. The van der Waals surface area contributed by atoms with Crippen molar-refractivity contribution in [1.82, 2.24) is 9.62 Å². The lowest BCUT2D eigenvalue weighted by molar-refractivity contribution is -0.147. The number of carboxylic acids is 1. The van der Waals surface area contributed by atoms with Gasteiger partial charge in [-0.05, 0) is 38.1 Å². The molecule has 0 saturated carbocycles. The number of benzene rings is 1. The van der Waals surface area contributed by atoms with Crippen LogP contribution in [0, 0.1) is 0 Å². The molecule has 0 bridgehead atoms. The summed E-state index contributed by atoms with van der Waals surface area (Å²) in [6.07, 6.45) is 1.42. The Hall–Kier alpha value is -2.19. The molecule has 0 spiro atoms. The number of nitrogens with one attached hydrogen (secondary N) is 1. The molecule has 0 aromatic heterocycles. The molecule has 1 amide bonds. The lowest BCUT2D eigenvalue weighted by Gasteiger charge is -2.31. The molecule has 7 nitrogen and oxygen atoms in total. The smallest absolute Gasteiger partial charge is 0.329 e. The van der Waals surface area contributed by atoms with Crippen molar-refractivity contribution in [3.05, 3.63) is 42.5 Å². The Labute approximate surface area is 135 Å². The van der Waals surface area contributed by atoms with Crippen molar-refractivity contribution in [2.24, 2.45) is 0 Å². The van der Waals surface area contributed by atoms with Crippen LogP contribution in [0.1, 0.15) is 24.2 Å². The average Bonchev–Trinajstić information content (AvgIpc) is 2.51. The summed E-state index contributed by atoms with van der Waals surface area (Å²) < 4.78 is 26.2. The van der Waals surface area contributed by atoms with Gasteiger partial charge in [0.1, 0.15) is 5.54 Å². The van der Waals surface area contributed by atoms with Gasteiger partial charge >= 0.3 is 5.97 Å². The number of likely N-dealkylation sites (N-methyl/N-ethyl adjacent to an activating group) is 1. The molecule has 0 unspecified atom stereocenters. The topological polar surface area (TPSA) is 104 Å². The molecule has 126 valence electrons. The molecular formula is C15H20N2O5S. The Morgan fingerprint density at radius 3 is 2.26 bits per heavy atom. The normalized spacial score (nSPS) is 11.8. The van der Waals surface area contributed by atoms with Gasteiger partial charge in [0.05, 0.1) is 4.90 Å². The maximum atomic E-state index is 12.3. The molecule has 0 radical (unpaired) electrons.